The number of hydrogen-bond acceptors (Lipinski definition) is 6. The Hall–Kier alpha value is -1.79. The normalized spacial score (nSPS) is 12.0. The number of benzene rings is 1. The maximum atomic E-state index is 6.25. The molecule has 108 valence electrons. The Morgan fingerprint density at radius 2 is 1.80 bits per heavy atom. The van der Waals surface area contributed by atoms with Crippen molar-refractivity contribution >= 4 is 11.3 Å². The highest BCUT2D eigenvalue weighted by Crippen LogP contribution is 2.39. The predicted octanol–water partition coefficient (Wildman–Crippen LogP) is 2.41. The molecule has 1 heterocycles. The molecule has 0 saturated heterocycles. The van der Waals surface area contributed by atoms with E-state index in [1.807, 2.05) is 18.3 Å². The average molecular weight is 294 g/mol. The molecule has 0 aliphatic rings. The van der Waals surface area contributed by atoms with E-state index < -0.39 is 0 Å². The minimum Gasteiger partial charge on any atom is -0.493 e. The summed E-state index contributed by atoms with van der Waals surface area (Å²) in [6, 6.07) is 3.62. The first-order chi connectivity index (χ1) is 9.69. The van der Waals surface area contributed by atoms with Gasteiger partial charge in [0.2, 0.25) is 5.75 Å². The largest absolute Gasteiger partial charge is 0.493 e. The molecule has 5 nitrogen and oxygen atoms in total. The van der Waals surface area contributed by atoms with Crippen LogP contribution in [-0.4, -0.2) is 26.3 Å². The second-order valence-corrected chi connectivity index (χ2v) is 5.21. The van der Waals surface area contributed by atoms with Crippen LogP contribution in [0.2, 0.25) is 0 Å². The van der Waals surface area contributed by atoms with Crippen LogP contribution >= 0.6 is 11.3 Å². The van der Waals surface area contributed by atoms with E-state index in [0.717, 1.165) is 16.9 Å². The third kappa shape index (κ3) is 3.02. The fraction of sp³-hybridized carbons (Fsp3) is 0.357. The second-order valence-electron chi connectivity index (χ2n) is 4.24. The van der Waals surface area contributed by atoms with E-state index in [0.29, 0.717) is 17.2 Å². The van der Waals surface area contributed by atoms with Gasteiger partial charge in [-0.3, -0.25) is 4.98 Å². The van der Waals surface area contributed by atoms with E-state index in [4.69, 9.17) is 19.9 Å². The fourth-order valence-corrected chi connectivity index (χ4v) is 2.65. The van der Waals surface area contributed by atoms with Crippen LogP contribution in [0.15, 0.2) is 23.8 Å². The molecule has 0 aliphatic carbocycles. The first-order valence-electron chi connectivity index (χ1n) is 6.12. The maximum absolute atomic E-state index is 6.25. The summed E-state index contributed by atoms with van der Waals surface area (Å²) in [7, 11) is 4.77. The summed E-state index contributed by atoms with van der Waals surface area (Å²) in [5.41, 5.74) is 8.99. The Balaban J connectivity index is 2.31. The first kappa shape index (κ1) is 14.6. The summed E-state index contributed by atoms with van der Waals surface area (Å²) in [6.45, 7) is 0. The molecular weight excluding hydrogens is 276 g/mol. The summed E-state index contributed by atoms with van der Waals surface area (Å²) >= 11 is 1.60. The molecule has 1 atom stereocenters. The molecule has 0 spiro atoms. The molecule has 0 amide bonds. The van der Waals surface area contributed by atoms with Gasteiger partial charge in [-0.25, -0.2) is 0 Å². The van der Waals surface area contributed by atoms with Gasteiger partial charge in [-0.1, -0.05) is 0 Å². The van der Waals surface area contributed by atoms with Crippen LogP contribution in [0.25, 0.3) is 0 Å². The number of hydrogen-bond donors (Lipinski definition) is 1. The van der Waals surface area contributed by atoms with E-state index in [1.165, 1.54) is 0 Å². The van der Waals surface area contributed by atoms with Crippen LogP contribution < -0.4 is 19.9 Å². The van der Waals surface area contributed by atoms with Crippen molar-refractivity contribution in [3.05, 3.63) is 34.3 Å². The number of nitrogens with two attached hydrogens (primary N) is 1. The third-order valence-corrected chi connectivity index (χ3v) is 3.82. The number of thiazole rings is 1. The molecule has 6 heteroatoms. The molecular formula is C14H18N2O3S. The Morgan fingerprint density at radius 1 is 1.15 bits per heavy atom. The van der Waals surface area contributed by atoms with E-state index in [2.05, 4.69) is 4.98 Å². The Morgan fingerprint density at radius 3 is 2.25 bits per heavy atom. The summed E-state index contributed by atoms with van der Waals surface area (Å²) in [5, 5.41) is 0. The number of rotatable bonds is 6. The molecule has 1 aromatic heterocycles. The van der Waals surface area contributed by atoms with Gasteiger partial charge in [0.1, 0.15) is 0 Å². The van der Waals surface area contributed by atoms with Gasteiger partial charge in [-0.15, -0.1) is 11.3 Å². The van der Waals surface area contributed by atoms with Gasteiger partial charge in [0.25, 0.3) is 0 Å². The Labute approximate surface area is 122 Å². The molecule has 1 aromatic carbocycles. The summed E-state index contributed by atoms with van der Waals surface area (Å²) < 4.78 is 16.0. The van der Waals surface area contributed by atoms with E-state index in [9.17, 15) is 0 Å². The highest BCUT2D eigenvalue weighted by molar-refractivity contribution is 7.09. The smallest absolute Gasteiger partial charge is 0.203 e. The SMILES string of the molecule is COc1cc(C(N)Cc2cncs2)cc(OC)c1OC. The minimum atomic E-state index is -0.149. The molecule has 0 fully saturated rings. The van der Waals surface area contributed by atoms with Gasteiger partial charge in [0, 0.05) is 23.5 Å². The molecule has 0 aliphatic heterocycles. The number of ether oxygens (including phenoxy) is 3. The predicted molar refractivity (Wildman–Crippen MR) is 78.8 cm³/mol. The fourth-order valence-electron chi connectivity index (χ4n) is 1.99. The van der Waals surface area contributed by atoms with Crippen molar-refractivity contribution in [2.45, 2.75) is 12.5 Å². The molecule has 0 bridgehead atoms. The van der Waals surface area contributed by atoms with Gasteiger partial charge in [-0.2, -0.15) is 0 Å². The van der Waals surface area contributed by atoms with Crippen molar-refractivity contribution in [2.24, 2.45) is 5.73 Å². The topological polar surface area (TPSA) is 66.6 Å². The molecule has 2 rings (SSSR count). The standard InChI is InChI=1S/C14H18N2O3S/c1-17-12-4-9(5-13(18-2)14(12)19-3)11(15)6-10-7-16-8-20-10/h4-5,7-8,11H,6,15H2,1-3H3. The zero-order valence-corrected chi connectivity index (χ0v) is 12.6. The highest BCUT2D eigenvalue weighted by atomic mass is 32.1. The quantitative estimate of drug-likeness (QED) is 0.886. The van der Waals surface area contributed by atoms with Crippen molar-refractivity contribution < 1.29 is 14.2 Å². The highest BCUT2D eigenvalue weighted by Gasteiger charge is 2.17. The van der Waals surface area contributed by atoms with Crippen LogP contribution in [-0.2, 0) is 6.42 Å². The Bertz CT molecular complexity index is 533. The van der Waals surface area contributed by atoms with Gasteiger partial charge >= 0.3 is 0 Å². The zero-order chi connectivity index (χ0) is 14.5. The van der Waals surface area contributed by atoms with Crippen LogP contribution in [0.3, 0.4) is 0 Å². The molecule has 2 N–H and O–H groups in total. The van der Waals surface area contributed by atoms with E-state index >= 15 is 0 Å². The monoisotopic (exact) mass is 294 g/mol. The lowest BCUT2D eigenvalue weighted by Crippen LogP contribution is -2.13. The average Bonchev–Trinajstić information content (AvgIpc) is 2.98. The number of aromatic nitrogens is 1. The van der Waals surface area contributed by atoms with E-state index in [-0.39, 0.29) is 6.04 Å². The van der Waals surface area contributed by atoms with Gasteiger partial charge in [0.15, 0.2) is 11.5 Å². The van der Waals surface area contributed by atoms with Crippen LogP contribution in [0.1, 0.15) is 16.5 Å². The van der Waals surface area contributed by atoms with Gasteiger partial charge in [0.05, 0.1) is 26.8 Å². The number of nitrogens with zero attached hydrogens (tertiary/aromatic N) is 1. The summed E-state index contributed by atoms with van der Waals surface area (Å²) in [6.07, 6.45) is 2.56. The van der Waals surface area contributed by atoms with Crippen LogP contribution in [0, 0.1) is 0 Å². The molecule has 1 unspecified atom stereocenters. The lowest BCUT2D eigenvalue weighted by molar-refractivity contribution is 0.323. The molecule has 20 heavy (non-hydrogen) atoms. The number of methoxy groups -OCH3 is 3. The second kappa shape index (κ2) is 6.58. The van der Waals surface area contributed by atoms with Crippen LogP contribution in [0.5, 0.6) is 17.2 Å². The van der Waals surface area contributed by atoms with Crippen molar-refractivity contribution in [1.29, 1.82) is 0 Å². The summed E-state index contributed by atoms with van der Waals surface area (Å²) in [5.74, 6) is 1.80. The zero-order valence-electron chi connectivity index (χ0n) is 11.8. The van der Waals surface area contributed by atoms with Crippen molar-refractivity contribution in [2.75, 3.05) is 21.3 Å². The Kier molecular flexibility index (Phi) is 4.81. The van der Waals surface area contributed by atoms with E-state index in [1.54, 1.807) is 38.2 Å². The van der Waals surface area contributed by atoms with Gasteiger partial charge in [-0.05, 0) is 17.7 Å². The van der Waals surface area contributed by atoms with Crippen molar-refractivity contribution in [3.8, 4) is 17.2 Å². The first-order valence-corrected chi connectivity index (χ1v) is 7.00. The molecule has 0 radical (unpaired) electrons. The maximum Gasteiger partial charge on any atom is 0.203 e. The van der Waals surface area contributed by atoms with Gasteiger partial charge < -0.3 is 19.9 Å². The lowest BCUT2D eigenvalue weighted by atomic mass is 10.0. The lowest BCUT2D eigenvalue weighted by Gasteiger charge is -2.17. The van der Waals surface area contributed by atoms with Crippen LogP contribution in [0.4, 0.5) is 0 Å². The molecule has 0 saturated carbocycles. The van der Waals surface area contributed by atoms with Crippen molar-refractivity contribution in [1.82, 2.24) is 4.98 Å². The summed E-state index contributed by atoms with van der Waals surface area (Å²) in [4.78, 5) is 5.20. The molecule has 2 aromatic rings. The third-order valence-electron chi connectivity index (χ3n) is 3.02. The van der Waals surface area contributed by atoms with Crippen molar-refractivity contribution in [3.63, 3.8) is 0 Å². The minimum absolute atomic E-state index is 0.149.